The third-order valence-electron chi connectivity index (χ3n) is 3.73. The Kier molecular flexibility index (Phi) is 9.15. The Morgan fingerprint density at radius 2 is 0.882 bits per heavy atom. The minimum absolute atomic E-state index is 0. The summed E-state index contributed by atoms with van der Waals surface area (Å²) in [5.74, 6) is -54.9. The maximum Gasteiger partial charge on any atom is 0.460 e. The Morgan fingerprint density at radius 1 is 0.529 bits per heavy atom. The summed E-state index contributed by atoms with van der Waals surface area (Å²) in [4.78, 5) is 0. The molecule has 0 aliphatic heterocycles. The van der Waals surface area contributed by atoms with Crippen LogP contribution in [0.25, 0.3) is 0 Å². The second-order valence-corrected chi connectivity index (χ2v) is 5.95. The quantitative estimate of drug-likeness (QED) is 0.191. The van der Waals surface area contributed by atoms with Crippen LogP contribution in [0.3, 0.4) is 0 Å². The Hall–Kier alpha value is -1.43. The minimum Gasteiger partial charge on any atom is -0.430 e. The Bertz CT molecular complexity index is 875. The van der Waals surface area contributed by atoms with Crippen molar-refractivity contribution in [1.82, 2.24) is 0 Å². The van der Waals surface area contributed by atoms with Crippen LogP contribution < -0.4 is 4.74 Å². The number of alkyl halides is 15. The largest absolute Gasteiger partial charge is 0.460 e. The molecule has 0 saturated heterocycles. The molecule has 0 unspecified atom stereocenters. The molecule has 0 aliphatic rings. The smallest absolute Gasteiger partial charge is 0.430 e. The molecule has 0 aliphatic carbocycles. The van der Waals surface area contributed by atoms with Gasteiger partial charge in [0.2, 0.25) is 5.83 Å². The van der Waals surface area contributed by atoms with Crippen molar-refractivity contribution in [2.75, 3.05) is 0 Å². The fourth-order valence-corrected chi connectivity index (χ4v) is 1.86. The van der Waals surface area contributed by atoms with Gasteiger partial charge in [0.05, 0.1) is 0 Å². The van der Waals surface area contributed by atoms with E-state index in [1.165, 1.54) is 0 Å². The van der Waals surface area contributed by atoms with Gasteiger partial charge in [0.15, 0.2) is 0 Å². The fraction of sp³-hybridized carbons (Fsp3) is 0.467. The van der Waals surface area contributed by atoms with E-state index in [2.05, 4.69) is 4.74 Å². The van der Waals surface area contributed by atoms with Gasteiger partial charge in [-0.15, -0.1) is 0 Å². The van der Waals surface area contributed by atoms with Crippen molar-refractivity contribution < 1.29 is 79.4 Å². The van der Waals surface area contributed by atoms with Crippen molar-refractivity contribution in [1.29, 1.82) is 0 Å². The predicted molar refractivity (Wildman–Crippen MR) is 77.8 cm³/mol. The first kappa shape index (κ1) is 32.6. The summed E-state index contributed by atoms with van der Waals surface area (Å²) in [6.07, 6.45) is -7.77. The third-order valence-corrected chi connectivity index (χ3v) is 3.73. The van der Waals surface area contributed by atoms with Gasteiger partial charge in [-0.05, 0) is 12.1 Å². The number of hydrogen-bond donors (Lipinski definition) is 0. The standard InChI is InChI=1S/C15H5F17O.Na/c16-7(8(17)33-6-4-2-1-3-5-6)9(18,19)10(20,21)11(22,23)12(24,25)13(26,27)14(28,29)15(30,31)32;/h1-5H;. The SMILES string of the molecule is FC(Oc1ccccc1)=C(F)C(F)(F)C(F)(F)C(F)(F)C(F)(F)C(F)(F)C(F)(F)C(F)(F)F.[Na]. The molecule has 34 heavy (non-hydrogen) atoms. The summed E-state index contributed by atoms with van der Waals surface area (Å²) in [6, 6.07) is 0.789. The second kappa shape index (κ2) is 9.55. The predicted octanol–water partition coefficient (Wildman–Crippen LogP) is 7.17. The van der Waals surface area contributed by atoms with Gasteiger partial charge in [0, 0.05) is 29.6 Å². The van der Waals surface area contributed by atoms with Crippen molar-refractivity contribution in [3.8, 4) is 5.75 Å². The molecule has 0 aromatic heterocycles. The molecule has 1 aromatic rings. The molecule has 1 radical (unpaired) electrons. The van der Waals surface area contributed by atoms with E-state index in [0.717, 1.165) is 18.2 Å². The summed E-state index contributed by atoms with van der Waals surface area (Å²) in [7, 11) is 0. The monoisotopic (exact) mass is 547 g/mol. The van der Waals surface area contributed by atoms with Crippen molar-refractivity contribution in [2.45, 2.75) is 41.7 Å². The van der Waals surface area contributed by atoms with E-state index in [1.54, 1.807) is 0 Å². The van der Waals surface area contributed by atoms with E-state index in [1.807, 2.05) is 0 Å². The molecule has 0 bridgehead atoms. The Morgan fingerprint density at radius 3 is 1.26 bits per heavy atom. The molecule has 0 spiro atoms. The number of ether oxygens (including phenoxy) is 1. The van der Waals surface area contributed by atoms with E-state index >= 15 is 0 Å². The van der Waals surface area contributed by atoms with Gasteiger partial charge in [-0.25, -0.2) is 0 Å². The zero-order valence-corrected chi connectivity index (χ0v) is 17.7. The molecule has 1 rings (SSSR count). The molecule has 1 nitrogen and oxygen atoms in total. The third kappa shape index (κ3) is 4.81. The van der Waals surface area contributed by atoms with Crippen LogP contribution in [0.15, 0.2) is 42.2 Å². The molecule has 0 heterocycles. The first-order chi connectivity index (χ1) is 14.4. The first-order valence-corrected chi connectivity index (χ1v) is 7.53. The average molecular weight is 547 g/mol. The molecule has 1 aromatic carbocycles. The van der Waals surface area contributed by atoms with E-state index < -0.39 is 59.3 Å². The molecular formula is C15H5F17NaO. The van der Waals surface area contributed by atoms with Crippen LogP contribution in [0.1, 0.15) is 0 Å². The topological polar surface area (TPSA) is 9.23 Å². The van der Waals surface area contributed by atoms with Crippen molar-refractivity contribution in [3.05, 3.63) is 42.2 Å². The van der Waals surface area contributed by atoms with Crippen LogP contribution in [0.4, 0.5) is 74.6 Å². The molecule has 0 amide bonds. The van der Waals surface area contributed by atoms with Crippen molar-refractivity contribution in [3.63, 3.8) is 0 Å². The van der Waals surface area contributed by atoms with Crippen LogP contribution in [0.2, 0.25) is 0 Å². The van der Waals surface area contributed by atoms with Gasteiger partial charge in [-0.3, -0.25) is 0 Å². The molecule has 0 N–H and O–H groups in total. The van der Waals surface area contributed by atoms with E-state index in [-0.39, 0.29) is 29.6 Å². The normalized spacial score (nSPS) is 15.4. The summed E-state index contributed by atoms with van der Waals surface area (Å²) >= 11 is 0. The maximum absolute atomic E-state index is 13.5. The number of rotatable bonds is 8. The number of hydrogen-bond acceptors (Lipinski definition) is 1. The molecular weight excluding hydrogens is 542 g/mol. The van der Waals surface area contributed by atoms with Gasteiger partial charge in [-0.1, -0.05) is 18.2 Å². The van der Waals surface area contributed by atoms with Gasteiger partial charge >= 0.3 is 47.7 Å². The van der Waals surface area contributed by atoms with Crippen LogP contribution in [-0.4, -0.2) is 71.3 Å². The van der Waals surface area contributed by atoms with Crippen LogP contribution >= 0.6 is 0 Å². The summed E-state index contributed by atoms with van der Waals surface area (Å²) in [5.41, 5.74) is 0. The number of para-hydroxylation sites is 1. The number of benzene rings is 1. The molecule has 0 saturated carbocycles. The Balaban J connectivity index is 0.0000109. The zero-order valence-electron chi connectivity index (χ0n) is 15.7. The van der Waals surface area contributed by atoms with Crippen LogP contribution in [-0.2, 0) is 0 Å². The second-order valence-electron chi connectivity index (χ2n) is 5.95. The molecule has 0 atom stereocenters. The average Bonchev–Trinajstić information content (AvgIpc) is 2.66. The molecule has 191 valence electrons. The number of halogens is 17. The van der Waals surface area contributed by atoms with Gasteiger partial charge in [0.1, 0.15) is 5.75 Å². The van der Waals surface area contributed by atoms with Crippen LogP contribution in [0.5, 0.6) is 5.75 Å². The zero-order chi connectivity index (χ0) is 26.5. The summed E-state index contributed by atoms with van der Waals surface area (Å²) in [5, 5.41) is 0. The van der Waals surface area contributed by atoms with Gasteiger partial charge in [0.25, 0.3) is 0 Å². The van der Waals surface area contributed by atoms with Crippen LogP contribution in [0, 0.1) is 0 Å². The maximum atomic E-state index is 13.5. The van der Waals surface area contributed by atoms with Crippen molar-refractivity contribution in [2.24, 2.45) is 0 Å². The van der Waals surface area contributed by atoms with Crippen molar-refractivity contribution >= 4 is 29.6 Å². The summed E-state index contributed by atoms with van der Waals surface area (Å²) in [6.45, 7) is 0. The minimum atomic E-state index is -8.61. The Labute approximate surface area is 198 Å². The van der Waals surface area contributed by atoms with Gasteiger partial charge in [-0.2, -0.15) is 74.6 Å². The van der Waals surface area contributed by atoms with E-state index in [9.17, 15) is 74.6 Å². The summed E-state index contributed by atoms with van der Waals surface area (Å²) < 4.78 is 225. The molecule has 0 fully saturated rings. The van der Waals surface area contributed by atoms with Gasteiger partial charge < -0.3 is 4.74 Å². The fourth-order valence-electron chi connectivity index (χ4n) is 1.86. The molecule has 19 heteroatoms. The number of allylic oxidation sites excluding steroid dienone is 1. The van der Waals surface area contributed by atoms with E-state index in [0.29, 0.717) is 12.1 Å². The van der Waals surface area contributed by atoms with E-state index in [4.69, 9.17) is 0 Å². The first-order valence-electron chi connectivity index (χ1n) is 7.53.